The van der Waals surface area contributed by atoms with E-state index < -0.39 is 0 Å². The average Bonchev–Trinajstić information content (AvgIpc) is 2.75. The normalized spacial score (nSPS) is 18.3. The molecular weight excluding hydrogens is 282 g/mol. The molecule has 1 saturated heterocycles. The molecular formula is C14H18ClNO4. The smallest absolute Gasteiger partial charge is 0.224 e. The van der Waals surface area contributed by atoms with Gasteiger partial charge in [-0.05, 0) is 17.7 Å². The van der Waals surface area contributed by atoms with Crippen molar-refractivity contribution < 1.29 is 19.0 Å². The fourth-order valence-electron chi connectivity index (χ4n) is 2.32. The molecule has 1 aliphatic heterocycles. The summed E-state index contributed by atoms with van der Waals surface area (Å²) in [7, 11) is 4.69. The Hall–Kier alpha value is -1.62. The number of carbonyl (C=O) groups excluding carboxylic acids is 1. The predicted molar refractivity (Wildman–Crippen MR) is 75.8 cm³/mol. The topological polar surface area (TPSA) is 48.0 Å². The third-order valence-electron chi connectivity index (χ3n) is 3.27. The molecule has 0 radical (unpaired) electrons. The highest BCUT2D eigenvalue weighted by Gasteiger charge is 2.28. The Balaban J connectivity index is 2.26. The van der Waals surface area contributed by atoms with Crippen molar-refractivity contribution in [3.63, 3.8) is 0 Å². The highest BCUT2D eigenvalue weighted by molar-refractivity contribution is 6.22. The van der Waals surface area contributed by atoms with Crippen LogP contribution in [-0.2, 0) is 11.3 Å². The zero-order chi connectivity index (χ0) is 14.7. The molecule has 1 atom stereocenters. The molecule has 1 aromatic rings. The molecule has 1 aromatic carbocycles. The number of nitrogens with zero attached hydrogens (tertiary/aromatic N) is 1. The van der Waals surface area contributed by atoms with Crippen molar-refractivity contribution >= 4 is 17.5 Å². The van der Waals surface area contributed by atoms with Gasteiger partial charge < -0.3 is 19.1 Å². The van der Waals surface area contributed by atoms with Crippen molar-refractivity contribution in [1.29, 1.82) is 0 Å². The standard InChI is InChI=1S/C14H18ClNO4/c1-18-11-4-9(5-12(19-2)14(11)20-3)7-16-8-10(15)6-13(16)17/h4-5,10H,6-8H2,1-3H3. The number of carbonyl (C=O) groups is 1. The zero-order valence-corrected chi connectivity index (χ0v) is 12.6. The van der Waals surface area contributed by atoms with E-state index >= 15 is 0 Å². The van der Waals surface area contributed by atoms with Gasteiger partial charge in [0, 0.05) is 19.5 Å². The molecule has 0 aliphatic carbocycles. The Morgan fingerprint density at radius 2 is 1.80 bits per heavy atom. The molecule has 0 N–H and O–H groups in total. The molecule has 2 rings (SSSR count). The molecule has 5 nitrogen and oxygen atoms in total. The Bertz CT molecular complexity index is 481. The lowest BCUT2D eigenvalue weighted by Crippen LogP contribution is -2.24. The predicted octanol–water partition coefficient (Wildman–Crippen LogP) is 2.05. The van der Waals surface area contributed by atoms with E-state index in [0.717, 1.165) is 5.56 Å². The minimum Gasteiger partial charge on any atom is -0.493 e. The molecule has 1 aliphatic rings. The van der Waals surface area contributed by atoms with Crippen LogP contribution in [0.15, 0.2) is 12.1 Å². The van der Waals surface area contributed by atoms with Crippen molar-refractivity contribution in [3.8, 4) is 17.2 Å². The van der Waals surface area contributed by atoms with Gasteiger partial charge in [-0.2, -0.15) is 0 Å². The molecule has 20 heavy (non-hydrogen) atoms. The number of likely N-dealkylation sites (tertiary alicyclic amines) is 1. The first-order chi connectivity index (χ1) is 9.58. The minimum absolute atomic E-state index is 0.0683. The van der Waals surface area contributed by atoms with E-state index in [9.17, 15) is 4.79 Å². The van der Waals surface area contributed by atoms with Crippen LogP contribution in [0.5, 0.6) is 17.2 Å². The summed E-state index contributed by atoms with van der Waals surface area (Å²) in [6, 6.07) is 3.69. The second-order valence-electron chi connectivity index (χ2n) is 4.61. The third-order valence-corrected chi connectivity index (χ3v) is 3.56. The second kappa shape index (κ2) is 6.22. The van der Waals surface area contributed by atoms with Crippen LogP contribution in [0.4, 0.5) is 0 Å². The van der Waals surface area contributed by atoms with Crippen molar-refractivity contribution in [2.45, 2.75) is 18.3 Å². The van der Waals surface area contributed by atoms with Crippen LogP contribution in [0, 0.1) is 0 Å². The van der Waals surface area contributed by atoms with Gasteiger partial charge in [0.15, 0.2) is 11.5 Å². The van der Waals surface area contributed by atoms with Crippen LogP contribution in [0.2, 0.25) is 0 Å². The van der Waals surface area contributed by atoms with Gasteiger partial charge >= 0.3 is 0 Å². The summed E-state index contributed by atoms with van der Waals surface area (Å²) in [6.45, 7) is 1.05. The number of halogens is 1. The van der Waals surface area contributed by atoms with Crippen LogP contribution >= 0.6 is 11.6 Å². The number of rotatable bonds is 5. The van der Waals surface area contributed by atoms with E-state index in [0.29, 0.717) is 36.8 Å². The Labute approximate surface area is 123 Å². The summed E-state index contributed by atoms with van der Waals surface area (Å²) in [5.74, 6) is 1.77. The highest BCUT2D eigenvalue weighted by Crippen LogP contribution is 2.38. The molecule has 1 fully saturated rings. The lowest BCUT2D eigenvalue weighted by Gasteiger charge is -2.18. The molecule has 1 unspecified atom stereocenters. The van der Waals surface area contributed by atoms with Crippen molar-refractivity contribution in [2.24, 2.45) is 0 Å². The number of hydrogen-bond donors (Lipinski definition) is 0. The average molecular weight is 300 g/mol. The number of hydrogen-bond acceptors (Lipinski definition) is 4. The van der Waals surface area contributed by atoms with Gasteiger partial charge in [-0.25, -0.2) is 0 Å². The van der Waals surface area contributed by atoms with Crippen molar-refractivity contribution in [3.05, 3.63) is 17.7 Å². The van der Waals surface area contributed by atoms with E-state index in [1.807, 2.05) is 12.1 Å². The number of methoxy groups -OCH3 is 3. The van der Waals surface area contributed by atoms with Crippen LogP contribution in [0.3, 0.4) is 0 Å². The van der Waals surface area contributed by atoms with Crippen molar-refractivity contribution in [1.82, 2.24) is 4.90 Å². The van der Waals surface area contributed by atoms with Crippen LogP contribution in [0.1, 0.15) is 12.0 Å². The maximum Gasteiger partial charge on any atom is 0.224 e. The lowest BCUT2D eigenvalue weighted by atomic mass is 10.1. The van der Waals surface area contributed by atoms with Gasteiger partial charge in [-0.3, -0.25) is 4.79 Å². The maximum absolute atomic E-state index is 11.8. The first-order valence-electron chi connectivity index (χ1n) is 6.29. The first kappa shape index (κ1) is 14.8. The van der Waals surface area contributed by atoms with Gasteiger partial charge in [-0.15, -0.1) is 11.6 Å². The minimum atomic E-state index is -0.107. The van der Waals surface area contributed by atoms with E-state index in [2.05, 4.69) is 0 Å². The van der Waals surface area contributed by atoms with E-state index in [1.165, 1.54) is 0 Å². The Kier molecular flexibility index (Phi) is 4.60. The van der Waals surface area contributed by atoms with Crippen LogP contribution in [-0.4, -0.2) is 44.1 Å². The molecule has 0 bridgehead atoms. The van der Waals surface area contributed by atoms with Crippen molar-refractivity contribution in [2.75, 3.05) is 27.9 Å². The van der Waals surface area contributed by atoms with Gasteiger partial charge in [-0.1, -0.05) is 0 Å². The summed E-state index contributed by atoms with van der Waals surface area (Å²) in [5, 5.41) is -0.107. The summed E-state index contributed by atoms with van der Waals surface area (Å²) >= 11 is 6.00. The maximum atomic E-state index is 11.8. The second-order valence-corrected chi connectivity index (χ2v) is 5.23. The Morgan fingerprint density at radius 1 is 1.20 bits per heavy atom. The molecule has 0 saturated carbocycles. The lowest BCUT2D eigenvalue weighted by molar-refractivity contribution is -0.128. The number of ether oxygens (including phenoxy) is 3. The van der Waals surface area contributed by atoms with Gasteiger partial charge in [0.2, 0.25) is 11.7 Å². The molecule has 1 heterocycles. The summed E-state index contributed by atoms with van der Waals surface area (Å²) in [5.41, 5.74) is 0.915. The molecule has 1 amide bonds. The number of benzene rings is 1. The van der Waals surface area contributed by atoms with Crippen LogP contribution in [0.25, 0.3) is 0 Å². The van der Waals surface area contributed by atoms with Gasteiger partial charge in [0.1, 0.15) is 0 Å². The zero-order valence-electron chi connectivity index (χ0n) is 11.8. The molecule has 0 spiro atoms. The van der Waals surface area contributed by atoms with E-state index in [-0.39, 0.29) is 11.3 Å². The van der Waals surface area contributed by atoms with E-state index in [1.54, 1.807) is 26.2 Å². The molecule has 0 aromatic heterocycles. The summed E-state index contributed by atoms with van der Waals surface area (Å²) in [4.78, 5) is 13.5. The highest BCUT2D eigenvalue weighted by atomic mass is 35.5. The monoisotopic (exact) mass is 299 g/mol. The largest absolute Gasteiger partial charge is 0.493 e. The SMILES string of the molecule is COc1cc(CN2CC(Cl)CC2=O)cc(OC)c1OC. The number of alkyl halides is 1. The first-order valence-corrected chi connectivity index (χ1v) is 6.73. The fourth-order valence-corrected chi connectivity index (χ4v) is 2.62. The Morgan fingerprint density at radius 3 is 2.20 bits per heavy atom. The fraction of sp³-hybridized carbons (Fsp3) is 0.500. The summed E-state index contributed by atoms with van der Waals surface area (Å²) in [6.07, 6.45) is 0.395. The van der Waals surface area contributed by atoms with Gasteiger partial charge in [0.05, 0.1) is 26.7 Å². The van der Waals surface area contributed by atoms with E-state index in [4.69, 9.17) is 25.8 Å². The summed E-state index contributed by atoms with van der Waals surface area (Å²) < 4.78 is 15.9. The molecule has 6 heteroatoms. The van der Waals surface area contributed by atoms with Gasteiger partial charge in [0.25, 0.3) is 0 Å². The molecule has 110 valence electrons. The van der Waals surface area contributed by atoms with Crippen LogP contribution < -0.4 is 14.2 Å². The quantitative estimate of drug-likeness (QED) is 0.781. The third kappa shape index (κ3) is 2.93. The number of amides is 1.